The minimum absolute atomic E-state index is 0.166. The summed E-state index contributed by atoms with van der Waals surface area (Å²) in [4.78, 5) is 14.5. The molecule has 21 heavy (non-hydrogen) atoms. The van der Waals surface area contributed by atoms with Gasteiger partial charge in [0.25, 0.3) is 5.91 Å². The van der Waals surface area contributed by atoms with Gasteiger partial charge >= 0.3 is 6.18 Å². The molecule has 1 aromatic rings. The number of carbonyl (C=O) groups is 1. The lowest BCUT2D eigenvalue weighted by atomic mass is 10.0. The van der Waals surface area contributed by atoms with Gasteiger partial charge in [0.2, 0.25) is 0 Å². The largest absolute Gasteiger partial charge is 0.432 e. The van der Waals surface area contributed by atoms with Gasteiger partial charge in [0, 0.05) is 26.0 Å². The fourth-order valence-corrected chi connectivity index (χ4v) is 3.26. The van der Waals surface area contributed by atoms with Crippen molar-refractivity contribution in [3.63, 3.8) is 0 Å². The van der Waals surface area contributed by atoms with Gasteiger partial charge in [0.15, 0.2) is 0 Å². The number of thiophene rings is 1. The van der Waals surface area contributed by atoms with Crippen LogP contribution in [0, 0.1) is 0 Å². The van der Waals surface area contributed by atoms with Crippen LogP contribution in [0.15, 0.2) is 23.9 Å². The Hall–Kier alpha value is -1.54. The zero-order valence-electron chi connectivity index (χ0n) is 12.1. The zero-order chi connectivity index (χ0) is 16.0. The van der Waals surface area contributed by atoms with Gasteiger partial charge in [-0.05, 0) is 25.1 Å². The van der Waals surface area contributed by atoms with Crippen LogP contribution in [0.25, 0.3) is 0 Å². The molecule has 1 aliphatic heterocycles. The third-order valence-corrected chi connectivity index (χ3v) is 4.52. The van der Waals surface area contributed by atoms with Crippen LogP contribution in [-0.2, 0) is 5.54 Å². The molecule has 0 spiro atoms. The highest BCUT2D eigenvalue weighted by Crippen LogP contribution is 2.39. The minimum atomic E-state index is -4.42. The molecule has 1 unspecified atom stereocenters. The Morgan fingerprint density at radius 2 is 2.00 bits per heavy atom. The Bertz CT molecular complexity index is 594. The minimum Gasteiger partial charge on any atom is -0.344 e. The summed E-state index contributed by atoms with van der Waals surface area (Å²) in [5, 5.41) is 0.965. The average molecular weight is 319 g/mol. The quantitative estimate of drug-likeness (QED) is 0.910. The third kappa shape index (κ3) is 2.91. The van der Waals surface area contributed by atoms with Crippen LogP contribution in [-0.4, -0.2) is 43.1 Å². The van der Waals surface area contributed by atoms with Gasteiger partial charge in [-0.2, -0.15) is 13.2 Å². The number of hydrazine groups is 1. The monoisotopic (exact) mass is 319 g/mol. The number of amides is 1. The van der Waals surface area contributed by atoms with Gasteiger partial charge in [-0.1, -0.05) is 0 Å². The number of hydrogen-bond donors (Lipinski definition) is 1. The maximum atomic E-state index is 12.9. The Morgan fingerprint density at radius 1 is 1.38 bits per heavy atom. The Kier molecular flexibility index (Phi) is 3.79. The molecule has 1 N–H and O–H groups in total. The molecule has 2 rings (SSSR count). The fourth-order valence-electron chi connectivity index (χ4n) is 2.16. The Labute approximate surface area is 124 Å². The molecule has 1 aliphatic rings. The van der Waals surface area contributed by atoms with Crippen LogP contribution in [0.3, 0.4) is 0 Å². The summed E-state index contributed by atoms with van der Waals surface area (Å²) in [5.41, 5.74) is 1.08. The molecular weight excluding hydrogens is 303 g/mol. The first-order valence-corrected chi connectivity index (χ1v) is 7.00. The van der Waals surface area contributed by atoms with Gasteiger partial charge in [-0.25, -0.2) is 5.43 Å². The summed E-state index contributed by atoms with van der Waals surface area (Å²) < 4.78 is 38.7. The molecule has 0 radical (unpaired) electrons. The second-order valence-electron chi connectivity index (χ2n) is 5.26. The van der Waals surface area contributed by atoms with Gasteiger partial charge in [0.1, 0.15) is 5.70 Å². The van der Waals surface area contributed by atoms with Crippen LogP contribution < -0.4 is 5.43 Å². The average Bonchev–Trinajstić information content (AvgIpc) is 2.93. The topological polar surface area (TPSA) is 35.6 Å². The molecule has 0 bridgehead atoms. The molecule has 4 nitrogen and oxygen atoms in total. The second kappa shape index (κ2) is 5.03. The molecule has 116 valence electrons. The smallest absolute Gasteiger partial charge is 0.344 e. The first-order valence-electron chi connectivity index (χ1n) is 6.18. The summed E-state index contributed by atoms with van der Waals surface area (Å²) in [6.45, 7) is 1.65. The van der Waals surface area contributed by atoms with Crippen LogP contribution >= 0.6 is 11.3 Å². The molecular formula is C13H16F3N3OS. The van der Waals surface area contributed by atoms with Crippen molar-refractivity contribution in [2.45, 2.75) is 18.6 Å². The van der Waals surface area contributed by atoms with E-state index in [1.54, 1.807) is 33.2 Å². The SMILES string of the molecule is CN(C)C(=O)c1ccc(C2(C)C=C(C(F)(F)F)N(C)N2)s1. The molecule has 1 aromatic heterocycles. The predicted molar refractivity (Wildman–Crippen MR) is 74.7 cm³/mol. The number of allylic oxidation sites excluding steroid dienone is 1. The molecule has 0 fully saturated rings. The lowest BCUT2D eigenvalue weighted by molar-refractivity contribution is -0.110. The summed E-state index contributed by atoms with van der Waals surface area (Å²) >= 11 is 1.19. The van der Waals surface area contributed by atoms with Crippen molar-refractivity contribution < 1.29 is 18.0 Å². The highest BCUT2D eigenvalue weighted by Gasteiger charge is 2.45. The van der Waals surface area contributed by atoms with Gasteiger partial charge in [0.05, 0.1) is 10.4 Å². The normalized spacial score (nSPS) is 22.4. The molecule has 0 aliphatic carbocycles. The van der Waals surface area contributed by atoms with E-state index in [0.717, 1.165) is 11.1 Å². The number of carbonyl (C=O) groups excluding carboxylic acids is 1. The summed E-state index contributed by atoms with van der Waals surface area (Å²) in [7, 11) is 4.59. The van der Waals surface area contributed by atoms with E-state index in [9.17, 15) is 18.0 Å². The van der Waals surface area contributed by atoms with Crippen LogP contribution in [0.1, 0.15) is 21.5 Å². The molecule has 1 amide bonds. The number of nitrogens with one attached hydrogen (secondary N) is 1. The van der Waals surface area contributed by atoms with Crippen LogP contribution in [0.4, 0.5) is 13.2 Å². The van der Waals surface area contributed by atoms with E-state index in [1.807, 2.05) is 0 Å². The lowest BCUT2D eigenvalue weighted by Gasteiger charge is -2.25. The molecule has 0 saturated heterocycles. The highest BCUT2D eigenvalue weighted by molar-refractivity contribution is 7.14. The standard InChI is InChI=1S/C13H16F3N3OS/c1-12(7-9(13(14,15)16)19(4)17-12)10-6-5-8(21-10)11(20)18(2)3/h5-7,17H,1-4H3. The molecule has 2 heterocycles. The molecule has 1 atom stereocenters. The number of hydrogen-bond acceptors (Lipinski definition) is 4. The van der Waals surface area contributed by atoms with E-state index < -0.39 is 17.4 Å². The van der Waals surface area contributed by atoms with Crippen LogP contribution in [0.5, 0.6) is 0 Å². The van der Waals surface area contributed by atoms with E-state index in [2.05, 4.69) is 5.43 Å². The van der Waals surface area contributed by atoms with Crippen molar-refractivity contribution in [3.8, 4) is 0 Å². The van der Waals surface area contributed by atoms with Crippen molar-refractivity contribution in [2.24, 2.45) is 0 Å². The predicted octanol–water partition coefficient (Wildman–Crippen LogP) is 2.56. The maximum Gasteiger partial charge on any atom is 0.432 e. The highest BCUT2D eigenvalue weighted by atomic mass is 32.1. The van der Waals surface area contributed by atoms with E-state index in [4.69, 9.17) is 0 Å². The van der Waals surface area contributed by atoms with Gasteiger partial charge < -0.3 is 9.91 Å². The zero-order valence-corrected chi connectivity index (χ0v) is 12.9. The Balaban J connectivity index is 2.35. The number of halogens is 3. The molecule has 0 saturated carbocycles. The second-order valence-corrected chi connectivity index (χ2v) is 6.35. The number of alkyl halides is 3. The van der Waals surface area contributed by atoms with Crippen molar-refractivity contribution in [1.29, 1.82) is 0 Å². The molecule has 0 aromatic carbocycles. The van der Waals surface area contributed by atoms with Gasteiger partial charge in [-0.15, -0.1) is 11.3 Å². The fraction of sp³-hybridized carbons (Fsp3) is 0.462. The first-order chi connectivity index (χ1) is 9.54. The van der Waals surface area contributed by atoms with E-state index in [-0.39, 0.29) is 5.91 Å². The summed E-state index contributed by atoms with van der Waals surface area (Å²) in [5.74, 6) is -0.166. The van der Waals surface area contributed by atoms with Crippen molar-refractivity contribution in [1.82, 2.24) is 15.3 Å². The summed E-state index contributed by atoms with van der Waals surface area (Å²) in [6.07, 6.45) is -3.28. The van der Waals surface area contributed by atoms with Crippen LogP contribution in [0.2, 0.25) is 0 Å². The third-order valence-electron chi connectivity index (χ3n) is 3.21. The maximum absolute atomic E-state index is 12.9. The van der Waals surface area contributed by atoms with E-state index >= 15 is 0 Å². The van der Waals surface area contributed by atoms with E-state index in [0.29, 0.717) is 9.75 Å². The van der Waals surface area contributed by atoms with Crippen molar-refractivity contribution >= 4 is 17.2 Å². The van der Waals surface area contributed by atoms with E-state index in [1.165, 1.54) is 23.3 Å². The lowest BCUT2D eigenvalue weighted by Crippen LogP contribution is -2.41. The first kappa shape index (κ1) is 15.8. The van der Waals surface area contributed by atoms with Crippen molar-refractivity contribution in [3.05, 3.63) is 33.7 Å². The number of nitrogens with zero attached hydrogens (tertiary/aromatic N) is 2. The molecule has 8 heteroatoms. The summed E-state index contributed by atoms with van der Waals surface area (Å²) in [6, 6.07) is 3.31. The van der Waals surface area contributed by atoms with Crippen molar-refractivity contribution in [2.75, 3.05) is 21.1 Å². The number of rotatable bonds is 2. The van der Waals surface area contributed by atoms with Gasteiger partial charge in [-0.3, -0.25) is 4.79 Å². The Morgan fingerprint density at radius 3 is 2.48 bits per heavy atom.